The highest BCUT2D eigenvalue weighted by atomic mass is 16.6. The summed E-state index contributed by atoms with van der Waals surface area (Å²) in [5.41, 5.74) is -0.491. The normalized spacial score (nSPS) is 13.2. The van der Waals surface area contributed by atoms with Gasteiger partial charge in [0.15, 0.2) is 0 Å². The van der Waals surface area contributed by atoms with Gasteiger partial charge in [-0.05, 0) is 39.5 Å². The Bertz CT molecular complexity index is 213. The van der Waals surface area contributed by atoms with Gasteiger partial charge in [-0.2, -0.15) is 0 Å². The number of amides is 1. The molecule has 0 bridgehead atoms. The van der Waals surface area contributed by atoms with Crippen LogP contribution in [-0.4, -0.2) is 43.7 Å². The lowest BCUT2D eigenvalue weighted by Gasteiger charge is -2.21. The Morgan fingerprint density at radius 2 is 2.06 bits per heavy atom. The predicted molar refractivity (Wildman–Crippen MR) is 65.9 cm³/mol. The maximum atomic E-state index is 11.4. The predicted octanol–water partition coefficient (Wildman–Crippen LogP) is 1.55. The number of ether oxygens (including phenoxy) is 2. The van der Waals surface area contributed by atoms with Crippen LogP contribution >= 0.6 is 0 Å². The smallest absolute Gasteiger partial charge is 0.407 e. The molecule has 0 aliphatic carbocycles. The lowest BCUT2D eigenvalue weighted by Crippen LogP contribution is -2.36. The molecule has 0 spiro atoms. The third-order valence-electron chi connectivity index (χ3n) is 2.15. The Kier molecular flexibility index (Phi) is 7.91. The molecular weight excluding hydrogens is 222 g/mol. The molecule has 1 amide bonds. The number of aliphatic hydroxyl groups is 1. The largest absolute Gasteiger partial charge is 0.444 e. The maximum Gasteiger partial charge on any atom is 0.407 e. The molecule has 0 heterocycles. The summed E-state index contributed by atoms with van der Waals surface area (Å²) in [6.07, 6.45) is 1.25. The van der Waals surface area contributed by atoms with Gasteiger partial charge in [-0.1, -0.05) is 0 Å². The van der Waals surface area contributed by atoms with Crippen molar-refractivity contribution in [1.82, 2.24) is 5.32 Å². The van der Waals surface area contributed by atoms with Crippen LogP contribution in [0, 0.1) is 5.92 Å². The zero-order valence-electron chi connectivity index (χ0n) is 11.3. The van der Waals surface area contributed by atoms with E-state index in [1.165, 1.54) is 0 Å². The van der Waals surface area contributed by atoms with Gasteiger partial charge in [0.1, 0.15) is 5.60 Å². The second-order valence-electron chi connectivity index (χ2n) is 5.07. The van der Waals surface area contributed by atoms with E-state index in [1.54, 1.807) is 7.11 Å². The average Bonchev–Trinajstić information content (AvgIpc) is 2.20. The molecule has 17 heavy (non-hydrogen) atoms. The zero-order chi connectivity index (χ0) is 13.3. The van der Waals surface area contributed by atoms with Gasteiger partial charge in [0, 0.05) is 26.9 Å². The van der Waals surface area contributed by atoms with E-state index < -0.39 is 11.7 Å². The average molecular weight is 247 g/mol. The summed E-state index contributed by atoms with van der Waals surface area (Å²) in [5.74, 6) is 0.0534. The van der Waals surface area contributed by atoms with Crippen LogP contribution in [0.1, 0.15) is 33.6 Å². The fourth-order valence-corrected chi connectivity index (χ4v) is 1.32. The number of hydrogen-bond donors (Lipinski definition) is 2. The Hall–Kier alpha value is -0.810. The van der Waals surface area contributed by atoms with Crippen LogP contribution in [0.2, 0.25) is 0 Å². The van der Waals surface area contributed by atoms with Gasteiger partial charge >= 0.3 is 6.09 Å². The molecule has 1 atom stereocenters. The lowest BCUT2D eigenvalue weighted by atomic mass is 10.1. The van der Waals surface area contributed by atoms with Gasteiger partial charge in [-0.25, -0.2) is 4.79 Å². The molecule has 0 aromatic heterocycles. The molecule has 5 nitrogen and oxygen atoms in total. The minimum Gasteiger partial charge on any atom is -0.444 e. The summed E-state index contributed by atoms with van der Waals surface area (Å²) in [4.78, 5) is 11.4. The van der Waals surface area contributed by atoms with Crippen molar-refractivity contribution in [3.05, 3.63) is 0 Å². The first-order chi connectivity index (χ1) is 7.89. The van der Waals surface area contributed by atoms with E-state index in [4.69, 9.17) is 14.6 Å². The zero-order valence-corrected chi connectivity index (χ0v) is 11.3. The Morgan fingerprint density at radius 3 is 2.53 bits per heavy atom. The van der Waals surface area contributed by atoms with Gasteiger partial charge in [0.05, 0.1) is 0 Å². The van der Waals surface area contributed by atoms with Gasteiger partial charge in [-0.3, -0.25) is 0 Å². The molecule has 2 N–H and O–H groups in total. The van der Waals surface area contributed by atoms with Crippen LogP contribution in [0.15, 0.2) is 0 Å². The van der Waals surface area contributed by atoms with E-state index in [-0.39, 0.29) is 12.5 Å². The standard InChI is InChI=1S/C12H25NO4/c1-12(2,3)17-11(15)13-8-10(9-14)6-5-7-16-4/h10,14H,5-9H2,1-4H3,(H,13,15). The molecule has 0 saturated heterocycles. The number of nitrogens with one attached hydrogen (secondary N) is 1. The van der Waals surface area contributed by atoms with Crippen LogP contribution in [0.3, 0.4) is 0 Å². The quantitative estimate of drug-likeness (QED) is 0.670. The topological polar surface area (TPSA) is 67.8 Å². The third kappa shape index (κ3) is 10.1. The highest BCUT2D eigenvalue weighted by molar-refractivity contribution is 5.67. The first-order valence-corrected chi connectivity index (χ1v) is 5.95. The number of alkyl carbamates (subject to hydrolysis) is 1. The molecule has 102 valence electrons. The molecule has 0 radical (unpaired) electrons. The van der Waals surface area contributed by atoms with Crippen molar-refractivity contribution >= 4 is 6.09 Å². The van der Waals surface area contributed by atoms with Crippen molar-refractivity contribution < 1.29 is 19.4 Å². The molecule has 1 unspecified atom stereocenters. The van der Waals surface area contributed by atoms with Gasteiger partial charge < -0.3 is 19.9 Å². The van der Waals surface area contributed by atoms with Crippen LogP contribution < -0.4 is 5.32 Å². The van der Waals surface area contributed by atoms with Crippen molar-refractivity contribution in [2.45, 2.75) is 39.2 Å². The van der Waals surface area contributed by atoms with Crippen LogP contribution in [0.5, 0.6) is 0 Å². The van der Waals surface area contributed by atoms with E-state index in [0.717, 1.165) is 12.8 Å². The van der Waals surface area contributed by atoms with E-state index in [1.807, 2.05) is 20.8 Å². The number of hydrogen-bond acceptors (Lipinski definition) is 4. The molecular formula is C12H25NO4. The molecule has 0 fully saturated rings. The minimum absolute atomic E-state index is 0.0534. The first kappa shape index (κ1) is 16.2. The second kappa shape index (κ2) is 8.31. The van der Waals surface area contributed by atoms with Gasteiger partial charge in [0.25, 0.3) is 0 Å². The number of carbonyl (C=O) groups is 1. The van der Waals surface area contributed by atoms with Crippen LogP contribution in [-0.2, 0) is 9.47 Å². The molecule has 0 rings (SSSR count). The highest BCUT2D eigenvalue weighted by Gasteiger charge is 2.17. The van der Waals surface area contributed by atoms with E-state index in [2.05, 4.69) is 5.32 Å². The van der Waals surface area contributed by atoms with Crippen molar-refractivity contribution in [1.29, 1.82) is 0 Å². The van der Waals surface area contributed by atoms with Crippen molar-refractivity contribution in [2.75, 3.05) is 26.9 Å². The Labute approximate surface area is 103 Å². The highest BCUT2D eigenvalue weighted by Crippen LogP contribution is 2.08. The summed E-state index contributed by atoms with van der Waals surface area (Å²) in [7, 11) is 1.65. The number of carbonyl (C=O) groups excluding carboxylic acids is 1. The van der Waals surface area contributed by atoms with E-state index in [9.17, 15) is 4.79 Å². The SMILES string of the molecule is COCCCC(CO)CNC(=O)OC(C)(C)C. The third-order valence-corrected chi connectivity index (χ3v) is 2.15. The van der Waals surface area contributed by atoms with E-state index >= 15 is 0 Å². The van der Waals surface area contributed by atoms with Crippen molar-refractivity contribution in [3.8, 4) is 0 Å². The van der Waals surface area contributed by atoms with Gasteiger partial charge in [0.2, 0.25) is 0 Å². The number of rotatable bonds is 7. The summed E-state index contributed by atoms with van der Waals surface area (Å²) in [6.45, 7) is 6.59. The molecule has 0 aliphatic rings. The summed E-state index contributed by atoms with van der Waals surface area (Å²) < 4.78 is 10.0. The van der Waals surface area contributed by atoms with Crippen LogP contribution in [0.25, 0.3) is 0 Å². The lowest BCUT2D eigenvalue weighted by molar-refractivity contribution is 0.0510. The fourth-order valence-electron chi connectivity index (χ4n) is 1.32. The summed E-state index contributed by atoms with van der Waals surface area (Å²) >= 11 is 0. The van der Waals surface area contributed by atoms with E-state index in [0.29, 0.717) is 13.2 Å². The Balaban J connectivity index is 3.78. The molecule has 0 saturated carbocycles. The number of aliphatic hydroxyl groups excluding tert-OH is 1. The summed E-state index contributed by atoms with van der Waals surface area (Å²) in [5, 5.41) is 11.8. The molecule has 0 aliphatic heterocycles. The molecule has 0 aromatic carbocycles. The van der Waals surface area contributed by atoms with Crippen LogP contribution in [0.4, 0.5) is 4.79 Å². The molecule has 0 aromatic rings. The summed E-state index contributed by atoms with van der Waals surface area (Å²) in [6, 6.07) is 0. The Morgan fingerprint density at radius 1 is 1.41 bits per heavy atom. The first-order valence-electron chi connectivity index (χ1n) is 5.95. The maximum absolute atomic E-state index is 11.4. The monoisotopic (exact) mass is 247 g/mol. The van der Waals surface area contributed by atoms with Crippen molar-refractivity contribution in [3.63, 3.8) is 0 Å². The minimum atomic E-state index is -0.491. The fraction of sp³-hybridized carbons (Fsp3) is 0.917. The van der Waals surface area contributed by atoms with Gasteiger partial charge in [-0.15, -0.1) is 0 Å². The second-order valence-corrected chi connectivity index (χ2v) is 5.07. The van der Waals surface area contributed by atoms with Crippen molar-refractivity contribution in [2.24, 2.45) is 5.92 Å². The number of methoxy groups -OCH3 is 1. The molecule has 5 heteroatoms.